The molecule has 0 saturated carbocycles. The standard InChI is InChI=1S/Ga.H4O4Si.Ti.3H/c;1-5(2,3)4;;;;/h;1-4H;;;;. The summed E-state index contributed by atoms with van der Waals surface area (Å²) in [5.41, 5.74) is 0. The van der Waals surface area contributed by atoms with Gasteiger partial charge in [0.15, 0.2) is 0 Å². The van der Waals surface area contributed by atoms with Crippen molar-refractivity contribution in [3.05, 3.63) is 0 Å². The summed E-state index contributed by atoms with van der Waals surface area (Å²) in [7, 11) is -4.61. The van der Waals surface area contributed by atoms with Crippen LogP contribution in [-0.4, -0.2) is 48.0 Å². The Morgan fingerprint density at radius 1 is 0.857 bits per heavy atom. The third kappa shape index (κ3) is 109. The molecule has 0 aliphatic carbocycles. The molecular formula is H7GaO4SiTi. The molecule has 0 aliphatic heterocycles. The van der Waals surface area contributed by atoms with Gasteiger partial charge < -0.3 is 19.2 Å². The van der Waals surface area contributed by atoms with Crippen molar-refractivity contribution in [1.82, 2.24) is 0 Å². The molecule has 0 radical (unpaired) electrons. The minimum Gasteiger partial charge on any atom is 0 e. The van der Waals surface area contributed by atoms with Crippen molar-refractivity contribution in [1.29, 1.82) is 0 Å². The van der Waals surface area contributed by atoms with Gasteiger partial charge in [0.05, 0.1) is 0 Å². The van der Waals surface area contributed by atoms with Gasteiger partial charge >= 0.3 is 28.8 Å². The van der Waals surface area contributed by atoms with E-state index < -0.39 is 9.05 Å². The average molecular weight is 217 g/mol. The molecule has 0 aromatic rings. The van der Waals surface area contributed by atoms with Crippen LogP contribution >= 0.6 is 0 Å². The van der Waals surface area contributed by atoms with Crippen molar-refractivity contribution in [2.45, 2.75) is 0 Å². The molecule has 0 spiro atoms. The predicted octanol–water partition coefficient (Wildman–Crippen LogP) is -3.80. The van der Waals surface area contributed by atoms with Gasteiger partial charge in [0.2, 0.25) is 0 Å². The maximum absolute atomic E-state index is 7.33. The first-order valence-electron chi connectivity index (χ1n) is 0.894. The molecule has 4 N–H and O–H groups in total. The van der Waals surface area contributed by atoms with E-state index in [0.717, 1.165) is 0 Å². The van der Waals surface area contributed by atoms with Crippen molar-refractivity contribution in [3.8, 4) is 0 Å². The summed E-state index contributed by atoms with van der Waals surface area (Å²) in [6.45, 7) is 0. The van der Waals surface area contributed by atoms with Crippen molar-refractivity contribution in [2.75, 3.05) is 0 Å². The van der Waals surface area contributed by atoms with E-state index in [1.165, 1.54) is 0 Å². The molecule has 0 saturated heterocycles. The fourth-order valence-corrected chi connectivity index (χ4v) is 0. The Bertz CT molecular complexity index is 27.2. The molecule has 7 heavy (non-hydrogen) atoms. The van der Waals surface area contributed by atoms with E-state index in [9.17, 15) is 0 Å². The summed E-state index contributed by atoms with van der Waals surface area (Å²) in [6.07, 6.45) is 0. The molecule has 7 heteroatoms. The van der Waals surface area contributed by atoms with Crippen LogP contribution in [0.15, 0.2) is 0 Å². The molecule has 0 aliphatic rings. The van der Waals surface area contributed by atoms with Gasteiger partial charge in [-0.2, -0.15) is 0 Å². The van der Waals surface area contributed by atoms with Crippen LogP contribution < -0.4 is 0 Å². The van der Waals surface area contributed by atoms with E-state index in [0.29, 0.717) is 0 Å². The van der Waals surface area contributed by atoms with Crippen LogP contribution in [0.4, 0.5) is 0 Å². The molecule has 0 atom stereocenters. The topological polar surface area (TPSA) is 80.9 Å². The summed E-state index contributed by atoms with van der Waals surface area (Å²) in [5.74, 6) is 0. The number of rotatable bonds is 0. The predicted molar refractivity (Wildman–Crippen MR) is 24.6 cm³/mol. The minimum atomic E-state index is -4.61. The fourth-order valence-electron chi connectivity index (χ4n) is 0. The van der Waals surface area contributed by atoms with Crippen LogP contribution in [0.2, 0.25) is 0 Å². The Morgan fingerprint density at radius 2 is 0.857 bits per heavy atom. The smallest absolute Gasteiger partial charge is 0 e. The third-order valence-corrected chi connectivity index (χ3v) is 0. The second-order valence-electron chi connectivity index (χ2n) is 0.600. The van der Waals surface area contributed by atoms with Gasteiger partial charge in [-0.15, -0.1) is 0 Å². The van der Waals surface area contributed by atoms with E-state index in [1.807, 2.05) is 0 Å². The van der Waals surface area contributed by atoms with Gasteiger partial charge in [-0.25, -0.2) is 0 Å². The number of hydrogen-bond donors (Lipinski definition) is 4. The van der Waals surface area contributed by atoms with Crippen LogP contribution in [0.25, 0.3) is 0 Å². The molecule has 0 fully saturated rings. The van der Waals surface area contributed by atoms with E-state index >= 15 is 0 Å². The Morgan fingerprint density at radius 3 is 0.857 bits per heavy atom. The van der Waals surface area contributed by atoms with Crippen molar-refractivity contribution in [3.63, 3.8) is 0 Å². The molecule has 0 aromatic carbocycles. The zero-order chi connectivity index (χ0) is 4.50. The van der Waals surface area contributed by atoms with Gasteiger partial charge in [0.25, 0.3) is 0 Å². The molecule has 0 heterocycles. The molecule has 0 aromatic heterocycles. The maximum Gasteiger partial charge on any atom is 0 e. The molecule has 0 bridgehead atoms. The van der Waals surface area contributed by atoms with Crippen molar-refractivity contribution < 1.29 is 40.9 Å². The molecule has 0 amide bonds. The summed E-state index contributed by atoms with van der Waals surface area (Å²) in [4.78, 5) is 29.3. The second-order valence-corrected chi connectivity index (χ2v) is 1.80. The number of hydrogen-bond acceptors (Lipinski definition) is 4. The molecule has 4 nitrogen and oxygen atoms in total. The zero-order valence-corrected chi connectivity index (χ0v) is 5.35. The molecule has 42 valence electrons. The van der Waals surface area contributed by atoms with Crippen LogP contribution in [0.3, 0.4) is 0 Å². The van der Waals surface area contributed by atoms with Gasteiger partial charge in [-0.3, -0.25) is 0 Å². The van der Waals surface area contributed by atoms with Crippen LogP contribution in [-0.2, 0) is 21.7 Å². The quantitative estimate of drug-likeness (QED) is 0.313. The minimum absolute atomic E-state index is 0. The second kappa shape index (κ2) is 5.54. The van der Waals surface area contributed by atoms with Gasteiger partial charge in [0, 0.05) is 21.7 Å². The Labute approximate surface area is 69.6 Å². The maximum atomic E-state index is 7.33. The Balaban J connectivity index is -0.0000000800. The third-order valence-electron chi connectivity index (χ3n) is 0. The molecule has 0 rings (SSSR count). The van der Waals surface area contributed by atoms with Crippen molar-refractivity contribution >= 4 is 28.8 Å². The summed E-state index contributed by atoms with van der Waals surface area (Å²) in [6, 6.07) is 0. The van der Waals surface area contributed by atoms with Crippen LogP contribution in [0, 0.1) is 0 Å². The largest absolute Gasteiger partial charge is 0 e. The summed E-state index contributed by atoms with van der Waals surface area (Å²) in [5, 5.41) is 0. The van der Waals surface area contributed by atoms with Gasteiger partial charge in [-0.1, -0.05) is 0 Å². The monoisotopic (exact) mass is 216 g/mol. The first-order valence-corrected chi connectivity index (χ1v) is 2.68. The van der Waals surface area contributed by atoms with Gasteiger partial charge in [-0.05, 0) is 0 Å². The zero-order valence-electron chi connectivity index (χ0n) is 2.79. The SMILES string of the molecule is O[Si](O)(O)O.[GaH3].[Ti]. The first kappa shape index (κ1) is 15.8. The average Bonchev–Trinajstić information content (AvgIpc) is 0.722. The van der Waals surface area contributed by atoms with Crippen LogP contribution in [0.5, 0.6) is 0 Å². The fraction of sp³-hybridized carbons (Fsp3) is 0. The van der Waals surface area contributed by atoms with Crippen LogP contribution in [0.1, 0.15) is 0 Å². The van der Waals surface area contributed by atoms with E-state index in [2.05, 4.69) is 0 Å². The summed E-state index contributed by atoms with van der Waals surface area (Å²) >= 11 is 0. The molecular weight excluding hydrogens is 210 g/mol. The molecule has 0 unspecified atom stereocenters. The first-order chi connectivity index (χ1) is 2.00. The van der Waals surface area contributed by atoms with E-state index in [4.69, 9.17) is 19.2 Å². The Hall–Kier alpha value is 1.41. The van der Waals surface area contributed by atoms with E-state index in [1.54, 1.807) is 0 Å². The summed E-state index contributed by atoms with van der Waals surface area (Å²) < 4.78 is 0. The Kier molecular flexibility index (Phi) is 12.5. The van der Waals surface area contributed by atoms with Gasteiger partial charge in [0.1, 0.15) is 0 Å². The normalized spacial score (nSPS) is 8.57. The van der Waals surface area contributed by atoms with Crippen molar-refractivity contribution in [2.24, 2.45) is 0 Å². The van der Waals surface area contributed by atoms with E-state index in [-0.39, 0.29) is 41.5 Å².